The molecular weight excluding hydrogens is 275 g/mol. The molecule has 0 unspecified atom stereocenters. The molecule has 1 aliphatic rings. The number of aliphatic hydroxyl groups excluding tert-OH is 1. The lowest BCUT2D eigenvalue weighted by Gasteiger charge is -2.10. The van der Waals surface area contributed by atoms with Crippen molar-refractivity contribution < 1.29 is 27.8 Å². The quantitative estimate of drug-likeness (QED) is 0.887. The predicted molar refractivity (Wildman–Crippen MR) is 64.3 cm³/mol. The van der Waals surface area contributed by atoms with Crippen LogP contribution in [-0.4, -0.2) is 30.3 Å². The number of hydrogen-bond acceptors (Lipinski definition) is 3. The van der Waals surface area contributed by atoms with Gasteiger partial charge in [0.15, 0.2) is 6.61 Å². The molecule has 1 amide bonds. The largest absolute Gasteiger partial charge is 0.484 e. The summed E-state index contributed by atoms with van der Waals surface area (Å²) >= 11 is 0. The Kier molecular flexibility index (Phi) is 4.17. The van der Waals surface area contributed by atoms with Gasteiger partial charge < -0.3 is 15.2 Å². The molecule has 0 aromatic heterocycles. The minimum Gasteiger partial charge on any atom is -0.484 e. The summed E-state index contributed by atoms with van der Waals surface area (Å²) in [7, 11) is 0. The number of rotatable bonds is 4. The standard InChI is InChI=1S/C13H14F3NO3/c14-13(15,16)7-17-12(19)6-20-9-2-3-10-8(5-9)1-4-11(10)18/h2-3,5,11,18H,1,4,6-7H2,(H,17,19)/t11-/m1/s1. The van der Waals surface area contributed by atoms with E-state index in [1.165, 1.54) is 0 Å². The van der Waals surface area contributed by atoms with E-state index in [9.17, 15) is 23.1 Å². The number of aliphatic hydroxyl groups is 1. The van der Waals surface area contributed by atoms with Crippen LogP contribution in [0.4, 0.5) is 13.2 Å². The zero-order valence-electron chi connectivity index (χ0n) is 10.5. The SMILES string of the molecule is O=C(COc1ccc2c(c1)CC[C@H]2O)NCC(F)(F)F. The highest BCUT2D eigenvalue weighted by molar-refractivity contribution is 5.77. The van der Waals surface area contributed by atoms with Gasteiger partial charge in [0, 0.05) is 0 Å². The predicted octanol–water partition coefficient (Wildman–Crippen LogP) is 1.72. The first-order valence-electron chi connectivity index (χ1n) is 6.12. The number of amides is 1. The van der Waals surface area contributed by atoms with Crippen LogP contribution < -0.4 is 10.1 Å². The van der Waals surface area contributed by atoms with E-state index in [0.29, 0.717) is 18.6 Å². The van der Waals surface area contributed by atoms with Crippen LogP contribution in [0.5, 0.6) is 5.75 Å². The van der Waals surface area contributed by atoms with Crippen molar-refractivity contribution >= 4 is 5.91 Å². The van der Waals surface area contributed by atoms with Crippen LogP contribution in [0.25, 0.3) is 0 Å². The molecule has 7 heteroatoms. The fourth-order valence-corrected chi connectivity index (χ4v) is 2.06. The Morgan fingerprint density at radius 1 is 1.45 bits per heavy atom. The molecule has 0 spiro atoms. The van der Waals surface area contributed by atoms with Crippen LogP contribution in [-0.2, 0) is 11.2 Å². The maximum Gasteiger partial charge on any atom is 0.405 e. The number of carbonyl (C=O) groups excluding carboxylic acids is 1. The molecular formula is C13H14F3NO3. The highest BCUT2D eigenvalue weighted by atomic mass is 19.4. The van der Waals surface area contributed by atoms with Crippen molar-refractivity contribution in [3.05, 3.63) is 29.3 Å². The van der Waals surface area contributed by atoms with Crippen LogP contribution in [0.2, 0.25) is 0 Å². The molecule has 0 saturated heterocycles. The Balaban J connectivity index is 1.84. The van der Waals surface area contributed by atoms with Gasteiger partial charge in [-0.15, -0.1) is 0 Å². The second kappa shape index (κ2) is 5.70. The Morgan fingerprint density at radius 2 is 2.20 bits per heavy atom. The van der Waals surface area contributed by atoms with Crippen molar-refractivity contribution in [1.82, 2.24) is 5.32 Å². The highest BCUT2D eigenvalue weighted by Crippen LogP contribution is 2.33. The molecule has 0 radical (unpaired) electrons. The first kappa shape index (κ1) is 14.6. The van der Waals surface area contributed by atoms with Crippen molar-refractivity contribution in [2.24, 2.45) is 0 Å². The van der Waals surface area contributed by atoms with Gasteiger partial charge in [-0.3, -0.25) is 4.79 Å². The van der Waals surface area contributed by atoms with Gasteiger partial charge in [0.1, 0.15) is 12.3 Å². The molecule has 0 fully saturated rings. The third-order valence-electron chi connectivity index (χ3n) is 3.02. The molecule has 1 aliphatic carbocycles. The number of alkyl halides is 3. The number of halogens is 3. The molecule has 1 aromatic carbocycles. The van der Waals surface area contributed by atoms with E-state index < -0.39 is 31.3 Å². The highest BCUT2D eigenvalue weighted by Gasteiger charge is 2.27. The lowest BCUT2D eigenvalue weighted by molar-refractivity contribution is -0.139. The summed E-state index contributed by atoms with van der Waals surface area (Å²) in [5.74, 6) is -0.428. The average Bonchev–Trinajstić information content (AvgIpc) is 2.74. The summed E-state index contributed by atoms with van der Waals surface area (Å²) in [6.45, 7) is -1.84. The Hall–Kier alpha value is -1.76. The Morgan fingerprint density at radius 3 is 2.90 bits per heavy atom. The average molecular weight is 289 g/mol. The zero-order valence-corrected chi connectivity index (χ0v) is 10.5. The molecule has 1 atom stereocenters. The van der Waals surface area contributed by atoms with Crippen LogP contribution in [0.1, 0.15) is 23.7 Å². The topological polar surface area (TPSA) is 58.6 Å². The summed E-state index contributed by atoms with van der Waals surface area (Å²) in [6, 6.07) is 4.99. The van der Waals surface area contributed by atoms with E-state index in [1.54, 1.807) is 23.5 Å². The fourth-order valence-electron chi connectivity index (χ4n) is 2.06. The minimum absolute atomic E-state index is 0.403. The van der Waals surface area contributed by atoms with Gasteiger partial charge in [-0.2, -0.15) is 13.2 Å². The van der Waals surface area contributed by atoms with Gasteiger partial charge in [0.25, 0.3) is 5.91 Å². The summed E-state index contributed by atoms with van der Waals surface area (Å²) in [6.07, 6.45) is -3.55. The molecule has 0 aliphatic heterocycles. The molecule has 1 aromatic rings. The van der Waals surface area contributed by atoms with E-state index in [0.717, 1.165) is 11.1 Å². The molecule has 0 heterocycles. The van der Waals surface area contributed by atoms with Crippen molar-refractivity contribution in [2.45, 2.75) is 25.1 Å². The van der Waals surface area contributed by atoms with Crippen molar-refractivity contribution in [3.8, 4) is 5.75 Å². The molecule has 20 heavy (non-hydrogen) atoms. The third-order valence-corrected chi connectivity index (χ3v) is 3.02. The fraction of sp³-hybridized carbons (Fsp3) is 0.462. The summed E-state index contributed by atoms with van der Waals surface area (Å²) < 4.78 is 40.8. The van der Waals surface area contributed by atoms with Gasteiger partial charge in [-0.25, -0.2) is 0 Å². The minimum atomic E-state index is -4.43. The van der Waals surface area contributed by atoms with Crippen LogP contribution in [0, 0.1) is 0 Å². The molecule has 2 N–H and O–H groups in total. The third kappa shape index (κ3) is 3.86. The van der Waals surface area contributed by atoms with Crippen molar-refractivity contribution in [2.75, 3.05) is 13.2 Å². The zero-order chi connectivity index (χ0) is 14.8. The van der Waals surface area contributed by atoms with E-state index in [1.807, 2.05) is 0 Å². The van der Waals surface area contributed by atoms with E-state index >= 15 is 0 Å². The number of ether oxygens (including phenoxy) is 1. The van der Waals surface area contributed by atoms with E-state index in [4.69, 9.17) is 4.74 Å². The van der Waals surface area contributed by atoms with Crippen LogP contribution in [0.15, 0.2) is 18.2 Å². The lowest BCUT2D eigenvalue weighted by atomic mass is 10.1. The normalized spacial score (nSPS) is 17.7. The molecule has 0 saturated carbocycles. The van der Waals surface area contributed by atoms with Gasteiger partial charge in [-0.05, 0) is 36.1 Å². The Labute approximate surface area is 113 Å². The monoisotopic (exact) mass is 289 g/mol. The van der Waals surface area contributed by atoms with Crippen molar-refractivity contribution in [1.29, 1.82) is 0 Å². The maximum absolute atomic E-state index is 11.9. The number of hydrogen-bond donors (Lipinski definition) is 2. The van der Waals surface area contributed by atoms with E-state index in [2.05, 4.69) is 0 Å². The molecule has 2 rings (SSSR count). The lowest BCUT2D eigenvalue weighted by Crippen LogP contribution is -2.36. The second-order valence-corrected chi connectivity index (χ2v) is 4.60. The smallest absolute Gasteiger partial charge is 0.405 e. The summed E-state index contributed by atoms with van der Waals surface area (Å²) in [4.78, 5) is 11.2. The molecule has 4 nitrogen and oxygen atoms in total. The molecule has 110 valence electrons. The first-order chi connectivity index (χ1) is 9.35. The number of fused-ring (bicyclic) bond motifs is 1. The van der Waals surface area contributed by atoms with Crippen LogP contribution >= 0.6 is 0 Å². The van der Waals surface area contributed by atoms with E-state index in [-0.39, 0.29) is 0 Å². The maximum atomic E-state index is 11.9. The first-order valence-corrected chi connectivity index (χ1v) is 6.12. The second-order valence-electron chi connectivity index (χ2n) is 4.60. The van der Waals surface area contributed by atoms with Crippen LogP contribution in [0.3, 0.4) is 0 Å². The summed E-state index contributed by atoms with van der Waals surface area (Å²) in [5, 5.41) is 11.3. The number of carbonyl (C=O) groups is 1. The number of nitrogens with one attached hydrogen (secondary N) is 1. The van der Waals surface area contributed by atoms with Gasteiger partial charge in [0.05, 0.1) is 6.10 Å². The molecule has 0 bridgehead atoms. The number of aryl methyl sites for hydroxylation is 1. The Bertz CT molecular complexity index is 502. The van der Waals surface area contributed by atoms with Gasteiger partial charge >= 0.3 is 6.18 Å². The number of benzene rings is 1. The van der Waals surface area contributed by atoms with Gasteiger partial charge in [0.2, 0.25) is 0 Å². The summed E-state index contributed by atoms with van der Waals surface area (Å²) in [5.41, 5.74) is 1.77. The van der Waals surface area contributed by atoms with Crippen molar-refractivity contribution in [3.63, 3.8) is 0 Å². The van der Waals surface area contributed by atoms with Gasteiger partial charge in [-0.1, -0.05) is 6.07 Å².